The third-order valence-electron chi connectivity index (χ3n) is 4.60. The molecule has 110 valence electrons. The van der Waals surface area contributed by atoms with Gasteiger partial charge in [0.1, 0.15) is 5.82 Å². The number of likely N-dealkylation sites (tertiary alicyclic amines) is 1. The maximum Gasteiger partial charge on any atom is 0.123 e. The third-order valence-corrected chi connectivity index (χ3v) is 4.60. The standard InChI is InChI=1S/C16H22FNO2/c1-19-15-12-18(9-8-16(15)7-2-10-20-16)11-13-3-5-14(17)6-4-13/h3-6,15H,2,7-12H2,1H3/t15-,16-/m0/s1. The molecule has 0 bridgehead atoms. The van der Waals surface area contributed by atoms with E-state index in [4.69, 9.17) is 9.47 Å². The first-order valence-corrected chi connectivity index (χ1v) is 7.35. The summed E-state index contributed by atoms with van der Waals surface area (Å²) >= 11 is 0. The molecule has 0 saturated carbocycles. The van der Waals surface area contributed by atoms with Crippen LogP contribution in [0.1, 0.15) is 24.8 Å². The van der Waals surface area contributed by atoms with Gasteiger partial charge in [0.2, 0.25) is 0 Å². The second-order valence-corrected chi connectivity index (χ2v) is 5.85. The van der Waals surface area contributed by atoms with Crippen LogP contribution in [0.5, 0.6) is 0 Å². The van der Waals surface area contributed by atoms with E-state index in [2.05, 4.69) is 4.90 Å². The van der Waals surface area contributed by atoms with Crippen molar-refractivity contribution in [2.75, 3.05) is 26.8 Å². The molecule has 20 heavy (non-hydrogen) atoms. The molecule has 2 atom stereocenters. The number of halogens is 1. The Morgan fingerprint density at radius 2 is 2.15 bits per heavy atom. The number of benzene rings is 1. The molecule has 3 nitrogen and oxygen atoms in total. The van der Waals surface area contributed by atoms with Crippen LogP contribution in [0.25, 0.3) is 0 Å². The summed E-state index contributed by atoms with van der Waals surface area (Å²) in [6.45, 7) is 3.60. The van der Waals surface area contributed by atoms with Gasteiger partial charge in [0.25, 0.3) is 0 Å². The highest BCUT2D eigenvalue weighted by Crippen LogP contribution is 2.37. The van der Waals surface area contributed by atoms with Crippen LogP contribution >= 0.6 is 0 Å². The van der Waals surface area contributed by atoms with Gasteiger partial charge in [-0.25, -0.2) is 4.39 Å². The maximum atomic E-state index is 12.9. The smallest absolute Gasteiger partial charge is 0.123 e. The van der Waals surface area contributed by atoms with Gasteiger partial charge >= 0.3 is 0 Å². The molecule has 0 radical (unpaired) electrons. The molecule has 1 aromatic rings. The van der Waals surface area contributed by atoms with Crippen molar-refractivity contribution in [1.29, 1.82) is 0 Å². The van der Waals surface area contributed by atoms with Crippen LogP contribution < -0.4 is 0 Å². The van der Waals surface area contributed by atoms with E-state index in [1.165, 1.54) is 12.1 Å². The van der Waals surface area contributed by atoms with Crippen LogP contribution in [0.15, 0.2) is 24.3 Å². The third kappa shape index (κ3) is 2.73. The normalized spacial score (nSPS) is 31.0. The molecule has 0 aromatic heterocycles. The molecular formula is C16H22FNO2. The summed E-state index contributed by atoms with van der Waals surface area (Å²) in [6.07, 6.45) is 3.40. The van der Waals surface area contributed by atoms with Crippen molar-refractivity contribution in [3.63, 3.8) is 0 Å². The number of nitrogens with zero attached hydrogens (tertiary/aromatic N) is 1. The molecule has 0 aliphatic carbocycles. The minimum Gasteiger partial charge on any atom is -0.377 e. The van der Waals surface area contributed by atoms with Crippen LogP contribution in [0.4, 0.5) is 4.39 Å². The summed E-state index contributed by atoms with van der Waals surface area (Å²) in [5, 5.41) is 0. The summed E-state index contributed by atoms with van der Waals surface area (Å²) in [5.41, 5.74) is 1.08. The van der Waals surface area contributed by atoms with E-state index in [0.717, 1.165) is 51.1 Å². The largest absolute Gasteiger partial charge is 0.377 e. The number of hydrogen-bond donors (Lipinski definition) is 0. The molecule has 1 spiro atoms. The second kappa shape index (κ2) is 5.80. The molecule has 3 rings (SSSR count). The molecule has 0 amide bonds. The zero-order chi connectivity index (χ0) is 14.0. The summed E-state index contributed by atoms with van der Waals surface area (Å²) in [6, 6.07) is 6.75. The Morgan fingerprint density at radius 1 is 1.35 bits per heavy atom. The highest BCUT2D eigenvalue weighted by Gasteiger charge is 2.46. The van der Waals surface area contributed by atoms with Gasteiger partial charge < -0.3 is 9.47 Å². The van der Waals surface area contributed by atoms with Crippen molar-refractivity contribution in [2.24, 2.45) is 0 Å². The fraction of sp³-hybridized carbons (Fsp3) is 0.625. The van der Waals surface area contributed by atoms with Gasteiger partial charge in [0, 0.05) is 33.4 Å². The summed E-state index contributed by atoms with van der Waals surface area (Å²) in [4.78, 5) is 2.37. The Hall–Kier alpha value is -0.970. The van der Waals surface area contributed by atoms with Gasteiger partial charge in [-0.1, -0.05) is 12.1 Å². The molecule has 2 aliphatic heterocycles. The molecule has 0 N–H and O–H groups in total. The average molecular weight is 279 g/mol. The topological polar surface area (TPSA) is 21.7 Å². The Labute approximate surface area is 119 Å². The summed E-state index contributed by atoms with van der Waals surface area (Å²) in [7, 11) is 1.77. The number of hydrogen-bond acceptors (Lipinski definition) is 3. The van der Waals surface area contributed by atoms with Gasteiger partial charge in [0.05, 0.1) is 11.7 Å². The average Bonchev–Trinajstić information content (AvgIpc) is 2.93. The highest BCUT2D eigenvalue weighted by atomic mass is 19.1. The van der Waals surface area contributed by atoms with Crippen LogP contribution in [0.3, 0.4) is 0 Å². The highest BCUT2D eigenvalue weighted by molar-refractivity contribution is 5.16. The van der Waals surface area contributed by atoms with Crippen LogP contribution in [0, 0.1) is 5.82 Å². The van der Waals surface area contributed by atoms with E-state index in [0.29, 0.717) is 0 Å². The minimum atomic E-state index is -0.180. The van der Waals surface area contributed by atoms with Crippen molar-refractivity contribution in [3.8, 4) is 0 Å². The van der Waals surface area contributed by atoms with E-state index in [9.17, 15) is 4.39 Å². The summed E-state index contributed by atoms with van der Waals surface area (Å²) in [5.74, 6) is -0.180. The SMILES string of the molecule is CO[C@H]1CN(Cc2ccc(F)cc2)CC[C@@]12CCCO2. The molecule has 2 fully saturated rings. The van der Waals surface area contributed by atoms with E-state index in [1.807, 2.05) is 12.1 Å². The van der Waals surface area contributed by atoms with Gasteiger partial charge in [0.15, 0.2) is 0 Å². The Bertz CT molecular complexity index is 442. The van der Waals surface area contributed by atoms with Crippen molar-refractivity contribution in [3.05, 3.63) is 35.6 Å². The van der Waals surface area contributed by atoms with Crippen molar-refractivity contribution < 1.29 is 13.9 Å². The fourth-order valence-corrected chi connectivity index (χ4v) is 3.45. The monoisotopic (exact) mass is 279 g/mol. The van der Waals surface area contributed by atoms with Crippen LogP contribution in [-0.2, 0) is 16.0 Å². The predicted octanol–water partition coefficient (Wildman–Crippen LogP) is 2.60. The first kappa shape index (κ1) is 14.0. The molecular weight excluding hydrogens is 257 g/mol. The Kier molecular flexibility index (Phi) is 4.06. The molecule has 4 heteroatoms. The van der Waals surface area contributed by atoms with E-state index >= 15 is 0 Å². The van der Waals surface area contributed by atoms with E-state index in [-0.39, 0.29) is 17.5 Å². The lowest BCUT2D eigenvalue weighted by molar-refractivity contribution is -0.143. The van der Waals surface area contributed by atoms with Gasteiger partial charge in [-0.05, 0) is 37.0 Å². The lowest BCUT2D eigenvalue weighted by Gasteiger charge is -2.44. The number of methoxy groups -OCH3 is 1. The van der Waals surface area contributed by atoms with Crippen molar-refractivity contribution >= 4 is 0 Å². The van der Waals surface area contributed by atoms with Gasteiger partial charge in [-0.2, -0.15) is 0 Å². The minimum absolute atomic E-state index is 0.0615. The number of ether oxygens (including phenoxy) is 2. The Balaban J connectivity index is 1.64. The molecule has 2 saturated heterocycles. The van der Waals surface area contributed by atoms with E-state index in [1.54, 1.807) is 7.11 Å². The zero-order valence-corrected chi connectivity index (χ0v) is 12.0. The van der Waals surface area contributed by atoms with Crippen LogP contribution in [-0.4, -0.2) is 43.4 Å². The maximum absolute atomic E-state index is 12.9. The lowest BCUT2D eigenvalue weighted by Crippen LogP contribution is -2.55. The second-order valence-electron chi connectivity index (χ2n) is 5.85. The van der Waals surface area contributed by atoms with Crippen molar-refractivity contribution in [1.82, 2.24) is 4.90 Å². The first-order valence-electron chi connectivity index (χ1n) is 7.35. The van der Waals surface area contributed by atoms with Crippen LogP contribution in [0.2, 0.25) is 0 Å². The molecule has 1 aromatic carbocycles. The predicted molar refractivity (Wildman–Crippen MR) is 75.0 cm³/mol. The molecule has 2 aliphatic rings. The fourth-order valence-electron chi connectivity index (χ4n) is 3.45. The van der Waals surface area contributed by atoms with Gasteiger partial charge in [-0.3, -0.25) is 4.90 Å². The molecule has 0 unspecified atom stereocenters. The molecule has 2 heterocycles. The lowest BCUT2D eigenvalue weighted by atomic mass is 9.85. The van der Waals surface area contributed by atoms with Crippen molar-refractivity contribution in [2.45, 2.75) is 37.5 Å². The number of piperidine rings is 1. The zero-order valence-electron chi connectivity index (χ0n) is 12.0. The number of rotatable bonds is 3. The van der Waals surface area contributed by atoms with Gasteiger partial charge in [-0.15, -0.1) is 0 Å². The summed E-state index contributed by atoms with van der Waals surface area (Å²) < 4.78 is 24.6. The quantitative estimate of drug-likeness (QED) is 0.849. The first-order chi connectivity index (χ1) is 9.72. The Morgan fingerprint density at radius 3 is 2.80 bits per heavy atom. The van der Waals surface area contributed by atoms with E-state index < -0.39 is 0 Å².